The van der Waals surface area contributed by atoms with Crippen molar-refractivity contribution in [3.8, 4) is 0 Å². The van der Waals surface area contributed by atoms with Crippen LogP contribution in [-0.4, -0.2) is 11.1 Å². The third-order valence-corrected chi connectivity index (χ3v) is 2.47. The summed E-state index contributed by atoms with van der Waals surface area (Å²) < 4.78 is 7.15. The van der Waals surface area contributed by atoms with Crippen molar-refractivity contribution in [3.05, 3.63) is 30.2 Å². The summed E-state index contributed by atoms with van der Waals surface area (Å²) in [6.45, 7) is 3.40. The molecule has 1 aromatic heterocycles. The molecule has 1 aromatic carbocycles. The van der Waals surface area contributed by atoms with Gasteiger partial charge in [0.2, 0.25) is 5.58 Å². The minimum atomic E-state index is -0.866. The first kappa shape index (κ1) is 9.71. The molecule has 0 saturated heterocycles. The van der Waals surface area contributed by atoms with Gasteiger partial charge in [-0.3, -0.25) is 0 Å². The predicted octanol–water partition coefficient (Wildman–Crippen LogP) is 1.67. The Morgan fingerprint density at radius 1 is 1.47 bits per heavy atom. The van der Waals surface area contributed by atoms with Crippen molar-refractivity contribution in [3.63, 3.8) is 0 Å². The fraction of sp³-hybridized carbons (Fsp3) is 0.273. The minimum Gasteiger partial charge on any atom is -0.476 e. The number of fused-ring (bicyclic) bond motifs is 1. The van der Waals surface area contributed by atoms with Crippen molar-refractivity contribution in [2.45, 2.75) is 19.9 Å². The zero-order valence-corrected chi connectivity index (χ0v) is 8.60. The fourth-order valence-corrected chi connectivity index (χ4v) is 1.71. The second kappa shape index (κ2) is 3.38. The van der Waals surface area contributed by atoms with E-state index in [-0.39, 0.29) is 0 Å². The van der Waals surface area contributed by atoms with Gasteiger partial charge in [-0.25, -0.2) is 4.79 Å². The van der Waals surface area contributed by atoms with E-state index in [4.69, 9.17) is 9.52 Å². The molecule has 1 unspecified atom stereocenters. The fourth-order valence-electron chi connectivity index (χ4n) is 1.71. The summed E-state index contributed by atoms with van der Waals surface area (Å²) in [6.07, 6.45) is 0. The average molecular weight is 206 g/mol. The van der Waals surface area contributed by atoms with Crippen LogP contribution in [0.4, 0.5) is 0 Å². The van der Waals surface area contributed by atoms with Crippen LogP contribution >= 0.6 is 0 Å². The number of aryl methyl sites for hydroxylation is 1. The molecular weight excluding hydrogens is 194 g/mol. The number of carboxylic acid groups (broad SMARTS) is 1. The van der Waals surface area contributed by atoms with E-state index >= 15 is 0 Å². The molecule has 0 amide bonds. The highest BCUT2D eigenvalue weighted by Crippen LogP contribution is 2.15. The number of carbonyl (C=O) groups is 1. The summed E-state index contributed by atoms with van der Waals surface area (Å²) in [7, 11) is 0. The summed E-state index contributed by atoms with van der Waals surface area (Å²) >= 11 is 0. The minimum absolute atomic E-state index is 0.603. The van der Waals surface area contributed by atoms with Gasteiger partial charge in [0.15, 0.2) is 0 Å². The van der Waals surface area contributed by atoms with E-state index in [1.807, 2.05) is 24.3 Å². The summed E-state index contributed by atoms with van der Waals surface area (Å²) in [5.41, 5.74) is 1.52. The number of oxazole rings is 1. The zero-order chi connectivity index (χ0) is 11.0. The highest BCUT2D eigenvalue weighted by molar-refractivity contribution is 5.72. The molecule has 0 saturated carbocycles. The lowest BCUT2D eigenvalue weighted by atomic mass is 10.3. The maximum atomic E-state index is 10.9. The van der Waals surface area contributed by atoms with Crippen molar-refractivity contribution >= 4 is 17.1 Å². The second-order valence-electron chi connectivity index (χ2n) is 3.47. The van der Waals surface area contributed by atoms with Crippen LogP contribution in [0.3, 0.4) is 0 Å². The molecule has 4 heteroatoms. The molecule has 1 atom stereocenters. The number of hydrogen-bond donors (Lipinski definition) is 1. The first-order valence-electron chi connectivity index (χ1n) is 4.73. The van der Waals surface area contributed by atoms with Gasteiger partial charge >= 0.3 is 11.9 Å². The molecule has 2 aromatic rings. The molecule has 0 bridgehead atoms. The lowest BCUT2D eigenvalue weighted by Crippen LogP contribution is -2.43. The standard InChI is InChI=1S/C11H11NO3/c1-7(11(13)14)12-8(2)15-10-6-4-3-5-9(10)12/h3-7H,1-2H3/p+1. The zero-order valence-electron chi connectivity index (χ0n) is 8.60. The van der Waals surface area contributed by atoms with Crippen LogP contribution in [-0.2, 0) is 4.79 Å². The molecular formula is C11H12NO3+. The second-order valence-corrected chi connectivity index (χ2v) is 3.47. The molecule has 1 heterocycles. The molecule has 0 aliphatic carbocycles. The lowest BCUT2D eigenvalue weighted by molar-refractivity contribution is -0.693. The number of hydrogen-bond acceptors (Lipinski definition) is 2. The van der Waals surface area contributed by atoms with Gasteiger partial charge in [0.25, 0.3) is 11.6 Å². The average Bonchev–Trinajstić information content (AvgIpc) is 2.52. The molecule has 0 radical (unpaired) electrons. The molecule has 2 rings (SSSR count). The Morgan fingerprint density at radius 2 is 2.13 bits per heavy atom. The number of para-hydroxylation sites is 2. The highest BCUT2D eigenvalue weighted by Gasteiger charge is 2.29. The number of nitrogens with zero attached hydrogens (tertiary/aromatic N) is 1. The molecule has 0 aliphatic heterocycles. The summed E-state index contributed by atoms with van der Waals surface area (Å²) in [5.74, 6) is -0.263. The van der Waals surface area contributed by atoms with Gasteiger partial charge in [-0.15, -0.1) is 4.57 Å². The van der Waals surface area contributed by atoms with E-state index in [1.165, 1.54) is 0 Å². The van der Waals surface area contributed by atoms with Crippen LogP contribution in [0.1, 0.15) is 18.9 Å². The summed E-state index contributed by atoms with van der Waals surface area (Å²) in [4.78, 5) is 10.9. The van der Waals surface area contributed by atoms with E-state index < -0.39 is 12.0 Å². The Bertz CT molecular complexity index is 516. The van der Waals surface area contributed by atoms with Crippen molar-refractivity contribution in [2.75, 3.05) is 0 Å². The van der Waals surface area contributed by atoms with Crippen molar-refractivity contribution in [1.82, 2.24) is 0 Å². The molecule has 0 aliphatic rings. The van der Waals surface area contributed by atoms with Crippen molar-refractivity contribution in [1.29, 1.82) is 0 Å². The van der Waals surface area contributed by atoms with Gasteiger partial charge in [0, 0.05) is 13.0 Å². The Balaban J connectivity index is 2.68. The van der Waals surface area contributed by atoms with Gasteiger partial charge < -0.3 is 9.52 Å². The largest absolute Gasteiger partial charge is 0.476 e. The number of rotatable bonds is 2. The van der Waals surface area contributed by atoms with Gasteiger partial charge in [0.05, 0.1) is 6.92 Å². The molecule has 0 spiro atoms. The van der Waals surface area contributed by atoms with Crippen molar-refractivity contribution in [2.24, 2.45) is 0 Å². The highest BCUT2D eigenvalue weighted by atomic mass is 16.4. The Hall–Kier alpha value is -1.84. The number of benzene rings is 1. The Labute approximate surface area is 86.8 Å². The molecule has 4 nitrogen and oxygen atoms in total. The van der Waals surface area contributed by atoms with Crippen LogP contribution in [0.25, 0.3) is 11.1 Å². The van der Waals surface area contributed by atoms with Gasteiger partial charge in [-0.1, -0.05) is 12.1 Å². The number of aromatic nitrogens is 1. The summed E-state index contributed by atoms with van der Waals surface area (Å²) in [5, 5.41) is 8.98. The van der Waals surface area contributed by atoms with Crippen molar-refractivity contribution < 1.29 is 18.9 Å². The van der Waals surface area contributed by atoms with Crippen LogP contribution < -0.4 is 4.57 Å². The Morgan fingerprint density at radius 3 is 2.80 bits per heavy atom. The smallest absolute Gasteiger partial charge is 0.373 e. The maximum absolute atomic E-state index is 10.9. The monoisotopic (exact) mass is 206 g/mol. The topological polar surface area (TPSA) is 54.3 Å². The Kier molecular flexibility index (Phi) is 2.19. The molecule has 15 heavy (non-hydrogen) atoms. The predicted molar refractivity (Wildman–Crippen MR) is 53.5 cm³/mol. The van der Waals surface area contributed by atoms with E-state index in [1.54, 1.807) is 18.4 Å². The molecule has 1 N–H and O–H groups in total. The van der Waals surface area contributed by atoms with Crippen LogP contribution in [0.5, 0.6) is 0 Å². The molecule has 78 valence electrons. The van der Waals surface area contributed by atoms with Crippen LogP contribution in [0.15, 0.2) is 28.7 Å². The van der Waals surface area contributed by atoms with Crippen LogP contribution in [0.2, 0.25) is 0 Å². The third kappa shape index (κ3) is 1.48. The van der Waals surface area contributed by atoms with Gasteiger partial charge in [-0.05, 0) is 6.07 Å². The first-order valence-corrected chi connectivity index (χ1v) is 4.73. The van der Waals surface area contributed by atoms with E-state index in [2.05, 4.69) is 0 Å². The van der Waals surface area contributed by atoms with E-state index in [9.17, 15) is 4.79 Å². The normalized spacial score (nSPS) is 12.9. The quantitative estimate of drug-likeness (QED) is 0.760. The number of carboxylic acids is 1. The van der Waals surface area contributed by atoms with Gasteiger partial charge in [0.1, 0.15) is 0 Å². The first-order chi connectivity index (χ1) is 7.11. The summed E-state index contributed by atoms with van der Waals surface area (Å²) in [6, 6.07) is 6.79. The van der Waals surface area contributed by atoms with Gasteiger partial charge in [-0.2, -0.15) is 0 Å². The number of aliphatic carboxylic acids is 1. The lowest BCUT2D eigenvalue weighted by Gasteiger charge is -1.98. The SMILES string of the molecule is Cc1oc2ccccc2[n+]1C(C)C(=O)O. The molecule has 0 fully saturated rings. The van der Waals surface area contributed by atoms with E-state index in [0.29, 0.717) is 11.5 Å². The third-order valence-electron chi connectivity index (χ3n) is 2.47. The maximum Gasteiger partial charge on any atom is 0.373 e. The van der Waals surface area contributed by atoms with E-state index in [0.717, 1.165) is 5.52 Å². The van der Waals surface area contributed by atoms with Crippen LogP contribution in [0, 0.1) is 6.92 Å².